The number of hydrogen-bond donors (Lipinski definition) is 1. The summed E-state index contributed by atoms with van der Waals surface area (Å²) in [6.07, 6.45) is 5.08. The van der Waals surface area contributed by atoms with Gasteiger partial charge in [-0.05, 0) is 0 Å². The number of halogens is 1. The van der Waals surface area contributed by atoms with E-state index in [2.05, 4.69) is 9.97 Å². The predicted octanol–water partition coefficient (Wildman–Crippen LogP) is 0.829. The van der Waals surface area contributed by atoms with Crippen molar-refractivity contribution in [3.05, 3.63) is 18.7 Å². The van der Waals surface area contributed by atoms with E-state index in [0.717, 1.165) is 0 Å². The summed E-state index contributed by atoms with van der Waals surface area (Å²) >= 11 is 0. The Kier molecular flexibility index (Phi) is 8.63. The Morgan fingerprint density at radius 2 is 2.14 bits per heavy atom. The zero-order valence-corrected chi connectivity index (χ0v) is 5.21. The van der Waals surface area contributed by atoms with Gasteiger partial charge in [0.2, 0.25) is 0 Å². The van der Waals surface area contributed by atoms with Crippen molar-refractivity contribution in [3.63, 3.8) is 0 Å². The van der Waals surface area contributed by atoms with Gasteiger partial charge in [0.15, 0.2) is 0 Å². The Morgan fingerprint density at radius 1 is 1.43 bits per heavy atom. The van der Waals surface area contributed by atoms with Crippen LogP contribution in [-0.4, -0.2) is 9.97 Å². The number of rotatable bonds is 0. The van der Waals surface area contributed by atoms with Gasteiger partial charge in [0.25, 0.3) is 0 Å². The van der Waals surface area contributed by atoms with Gasteiger partial charge in [-0.15, -0.1) is 12.4 Å². The first-order valence-electron chi connectivity index (χ1n) is 1.43. The first-order chi connectivity index (χ1) is 2.50. The molecule has 1 N–H and O–H groups in total. The van der Waals surface area contributed by atoms with E-state index < -0.39 is 0 Å². The van der Waals surface area contributed by atoms with Gasteiger partial charge in [0.05, 0.1) is 6.33 Å². The van der Waals surface area contributed by atoms with Crippen molar-refractivity contribution in [2.45, 2.75) is 0 Å². The molecule has 0 aliphatic rings. The van der Waals surface area contributed by atoms with Gasteiger partial charge < -0.3 is 4.98 Å². The molecule has 1 heterocycles. The summed E-state index contributed by atoms with van der Waals surface area (Å²) in [5.74, 6) is 0. The van der Waals surface area contributed by atoms with E-state index in [9.17, 15) is 0 Å². The molecule has 0 aliphatic heterocycles. The summed E-state index contributed by atoms with van der Waals surface area (Å²) in [5.41, 5.74) is 0. The monoisotopic (exact) mass is 162 g/mol. The molecule has 0 aliphatic carbocycles. The maximum Gasteiger partial charge on any atom is 0.0919 e. The Hall–Kier alpha value is -0.00649. The Morgan fingerprint density at radius 3 is 2.29 bits per heavy atom. The minimum Gasteiger partial charge on any atom is -0.351 e. The number of H-pyrrole nitrogens is 1. The maximum absolute atomic E-state index is 3.67. The number of hydrogen-bond acceptors (Lipinski definition) is 1. The van der Waals surface area contributed by atoms with Crippen LogP contribution in [-0.2, 0) is 16.5 Å². The Labute approximate surface area is 58.1 Å². The molecule has 0 fully saturated rings. The number of aromatic amines is 1. The fraction of sp³-hybridized carbons (Fsp3) is 0. The van der Waals surface area contributed by atoms with Gasteiger partial charge in [-0.25, -0.2) is 4.98 Å². The van der Waals surface area contributed by atoms with Crippen LogP contribution in [0.3, 0.4) is 0 Å². The van der Waals surface area contributed by atoms with E-state index in [1.807, 2.05) is 0 Å². The second kappa shape index (κ2) is 5.99. The van der Waals surface area contributed by atoms with E-state index in [1.54, 1.807) is 18.7 Å². The largest absolute Gasteiger partial charge is 0.351 e. The number of imidazole rings is 1. The zero-order valence-electron chi connectivity index (χ0n) is 3.40. The smallest absolute Gasteiger partial charge is 0.0919 e. The van der Waals surface area contributed by atoms with Crippen LogP contribution in [0.5, 0.6) is 0 Å². The van der Waals surface area contributed by atoms with Crippen molar-refractivity contribution in [2.24, 2.45) is 0 Å². The van der Waals surface area contributed by atoms with Crippen LogP contribution in [0.1, 0.15) is 0 Å². The molecule has 7 heavy (non-hydrogen) atoms. The average Bonchev–Trinajstić information content (AvgIpc) is 1.76. The third-order valence-electron chi connectivity index (χ3n) is 0.406. The molecule has 0 amide bonds. The molecule has 0 unspecified atom stereocenters. The van der Waals surface area contributed by atoms with E-state index >= 15 is 0 Å². The van der Waals surface area contributed by atoms with E-state index in [1.165, 1.54) is 0 Å². The molecular weight excluding hydrogens is 158 g/mol. The Balaban J connectivity index is 0. The molecule has 0 atom stereocenters. The SMILES string of the molecule is Cl.[Ni].c1c[nH]cn1. The summed E-state index contributed by atoms with van der Waals surface area (Å²) < 4.78 is 0. The van der Waals surface area contributed by atoms with Crippen LogP contribution >= 0.6 is 12.4 Å². The van der Waals surface area contributed by atoms with Crippen LogP contribution < -0.4 is 0 Å². The fourth-order valence-corrected chi connectivity index (χ4v) is 0.215. The van der Waals surface area contributed by atoms with E-state index in [4.69, 9.17) is 0 Å². The molecule has 1 aromatic heterocycles. The third kappa shape index (κ3) is 3.83. The van der Waals surface area contributed by atoms with Gasteiger partial charge in [0.1, 0.15) is 0 Å². The topological polar surface area (TPSA) is 28.7 Å². The molecule has 0 saturated heterocycles. The summed E-state index contributed by atoms with van der Waals surface area (Å²) in [5, 5.41) is 0. The minimum absolute atomic E-state index is 0. The molecular formula is C3H5ClN2Ni. The number of aromatic nitrogens is 2. The van der Waals surface area contributed by atoms with Gasteiger partial charge in [-0.1, -0.05) is 0 Å². The van der Waals surface area contributed by atoms with Crippen molar-refractivity contribution in [1.82, 2.24) is 9.97 Å². The van der Waals surface area contributed by atoms with Crippen molar-refractivity contribution in [2.75, 3.05) is 0 Å². The molecule has 1 aromatic rings. The van der Waals surface area contributed by atoms with Crippen molar-refractivity contribution in [3.8, 4) is 0 Å². The molecule has 0 saturated carbocycles. The van der Waals surface area contributed by atoms with Crippen molar-refractivity contribution < 1.29 is 16.5 Å². The van der Waals surface area contributed by atoms with Gasteiger partial charge in [-0.3, -0.25) is 0 Å². The zero-order chi connectivity index (χ0) is 3.54. The van der Waals surface area contributed by atoms with Crippen LogP contribution in [0.25, 0.3) is 0 Å². The summed E-state index contributed by atoms with van der Waals surface area (Å²) in [4.78, 5) is 6.42. The quantitative estimate of drug-likeness (QED) is 0.564. The molecule has 0 spiro atoms. The van der Waals surface area contributed by atoms with Gasteiger partial charge in [-0.2, -0.15) is 0 Å². The second-order valence-corrected chi connectivity index (χ2v) is 0.761. The normalized spacial score (nSPS) is 5.71. The van der Waals surface area contributed by atoms with E-state index in [0.29, 0.717) is 0 Å². The second-order valence-electron chi connectivity index (χ2n) is 0.761. The molecule has 44 valence electrons. The number of nitrogens with one attached hydrogen (secondary N) is 1. The predicted molar refractivity (Wildman–Crippen MR) is 25.8 cm³/mol. The maximum atomic E-state index is 3.67. The molecule has 0 bridgehead atoms. The third-order valence-corrected chi connectivity index (χ3v) is 0.406. The summed E-state index contributed by atoms with van der Waals surface area (Å²) in [6.45, 7) is 0. The number of nitrogens with zero attached hydrogens (tertiary/aromatic N) is 1. The molecule has 2 nitrogen and oxygen atoms in total. The summed E-state index contributed by atoms with van der Waals surface area (Å²) in [6, 6.07) is 0. The molecule has 1 rings (SSSR count). The van der Waals surface area contributed by atoms with Gasteiger partial charge >= 0.3 is 0 Å². The van der Waals surface area contributed by atoms with Crippen molar-refractivity contribution in [1.29, 1.82) is 0 Å². The van der Waals surface area contributed by atoms with E-state index in [-0.39, 0.29) is 28.9 Å². The molecule has 0 aromatic carbocycles. The van der Waals surface area contributed by atoms with Crippen LogP contribution in [0.15, 0.2) is 18.7 Å². The average molecular weight is 163 g/mol. The molecule has 4 heteroatoms. The van der Waals surface area contributed by atoms with Crippen molar-refractivity contribution >= 4 is 12.4 Å². The first-order valence-corrected chi connectivity index (χ1v) is 1.43. The minimum atomic E-state index is 0. The summed E-state index contributed by atoms with van der Waals surface area (Å²) in [7, 11) is 0. The Bertz CT molecular complexity index is 69.4. The van der Waals surface area contributed by atoms with Gasteiger partial charge in [0, 0.05) is 28.9 Å². The van der Waals surface area contributed by atoms with Crippen LogP contribution in [0, 0.1) is 0 Å². The van der Waals surface area contributed by atoms with Crippen LogP contribution in [0.2, 0.25) is 0 Å². The first kappa shape index (κ1) is 10.1. The fourth-order valence-electron chi connectivity index (χ4n) is 0.215. The standard InChI is InChI=1S/C3H4N2.ClH.Ni/c1-2-5-3-4-1;;/h1-3H,(H,4,5);1H;. The van der Waals surface area contributed by atoms with Crippen LogP contribution in [0.4, 0.5) is 0 Å². The molecule has 0 radical (unpaired) electrons.